The molecule has 37 heavy (non-hydrogen) atoms. The summed E-state index contributed by atoms with van der Waals surface area (Å²) in [4.78, 5) is 17.9. The molecule has 12 heteroatoms. The Balaban J connectivity index is 2.00. The highest BCUT2D eigenvalue weighted by atomic mass is 32.2. The zero-order valence-electron chi connectivity index (χ0n) is 20.8. The number of fused-ring (bicyclic) bond motifs is 1. The van der Waals surface area contributed by atoms with Gasteiger partial charge in [0.25, 0.3) is 5.91 Å². The lowest BCUT2D eigenvalue weighted by molar-refractivity contribution is 0.0997. The Morgan fingerprint density at radius 3 is 2.16 bits per heavy atom. The van der Waals surface area contributed by atoms with Crippen LogP contribution in [0.5, 0.6) is 11.5 Å². The largest absolute Gasteiger partial charge is 0.495 e. The molecule has 10 nitrogen and oxygen atoms in total. The number of aryl methyl sites for hydroxylation is 1. The van der Waals surface area contributed by atoms with Crippen LogP contribution in [-0.2, 0) is 16.6 Å². The van der Waals surface area contributed by atoms with Gasteiger partial charge in [-0.25, -0.2) is 8.42 Å². The molecule has 1 amide bonds. The number of hydrogen-bond donors (Lipinski definition) is 0. The van der Waals surface area contributed by atoms with Gasteiger partial charge in [0.2, 0.25) is 10.0 Å². The van der Waals surface area contributed by atoms with E-state index in [0.717, 1.165) is 20.9 Å². The van der Waals surface area contributed by atoms with E-state index in [0.29, 0.717) is 22.8 Å². The van der Waals surface area contributed by atoms with Gasteiger partial charge in [0.05, 0.1) is 31.3 Å². The summed E-state index contributed by atoms with van der Waals surface area (Å²) in [6.45, 7) is 2.58. The first-order chi connectivity index (χ1) is 17.8. The zero-order chi connectivity index (χ0) is 27.0. The molecule has 0 unspecified atom stereocenters. The summed E-state index contributed by atoms with van der Waals surface area (Å²) in [7, 11) is -0.783. The van der Waals surface area contributed by atoms with E-state index in [2.05, 4.69) is 4.99 Å². The van der Waals surface area contributed by atoms with E-state index in [-0.39, 0.29) is 36.4 Å². The number of aromatic nitrogens is 1. The van der Waals surface area contributed by atoms with E-state index in [1.165, 1.54) is 35.6 Å². The van der Waals surface area contributed by atoms with Crippen LogP contribution in [0.15, 0.2) is 46.3 Å². The van der Waals surface area contributed by atoms with E-state index >= 15 is 0 Å². The van der Waals surface area contributed by atoms with Crippen molar-refractivity contribution in [1.29, 1.82) is 10.5 Å². The second kappa shape index (κ2) is 12.5. The molecular weight excluding hydrogens is 514 g/mol. The van der Waals surface area contributed by atoms with Crippen molar-refractivity contribution in [2.24, 2.45) is 4.99 Å². The molecule has 1 aromatic heterocycles. The van der Waals surface area contributed by atoms with Gasteiger partial charge < -0.3 is 14.0 Å². The van der Waals surface area contributed by atoms with Crippen molar-refractivity contribution in [1.82, 2.24) is 8.87 Å². The summed E-state index contributed by atoms with van der Waals surface area (Å²) >= 11 is 1.31. The maximum Gasteiger partial charge on any atom is 0.279 e. The number of ether oxygens (including phenoxy) is 2. The minimum Gasteiger partial charge on any atom is -0.495 e. The predicted molar refractivity (Wildman–Crippen MR) is 139 cm³/mol. The number of sulfonamides is 1. The van der Waals surface area contributed by atoms with Crippen molar-refractivity contribution < 1.29 is 22.7 Å². The number of thiazole rings is 1. The van der Waals surface area contributed by atoms with E-state index in [9.17, 15) is 13.2 Å². The molecule has 0 saturated heterocycles. The summed E-state index contributed by atoms with van der Waals surface area (Å²) in [5.41, 5.74) is 1.01. The third kappa shape index (κ3) is 6.00. The number of hydrogen-bond acceptors (Lipinski definition) is 8. The molecule has 0 spiro atoms. The molecule has 0 N–H and O–H groups in total. The highest BCUT2D eigenvalue weighted by molar-refractivity contribution is 7.89. The van der Waals surface area contributed by atoms with Crippen molar-refractivity contribution in [2.75, 3.05) is 27.3 Å². The molecule has 3 aromatic rings. The van der Waals surface area contributed by atoms with Crippen LogP contribution in [0.1, 0.15) is 36.5 Å². The molecule has 0 atom stereocenters. The SMILES string of the molecule is CCCn1c(=NC(=O)c2ccc(S(=O)(=O)N(CCC#N)CCC#N)cc2)sc2c(OC)ccc(OC)c21. The number of carbonyl (C=O) groups is 1. The fraction of sp³-hybridized carbons (Fsp3) is 0.360. The normalized spacial score (nSPS) is 11.9. The van der Waals surface area contributed by atoms with E-state index in [4.69, 9.17) is 20.0 Å². The van der Waals surface area contributed by atoms with Crippen LogP contribution in [0.2, 0.25) is 0 Å². The smallest absolute Gasteiger partial charge is 0.279 e. The Morgan fingerprint density at radius 2 is 1.62 bits per heavy atom. The number of benzene rings is 2. The Labute approximate surface area is 219 Å². The lowest BCUT2D eigenvalue weighted by Gasteiger charge is -2.20. The molecule has 0 aliphatic rings. The summed E-state index contributed by atoms with van der Waals surface area (Å²) in [6.07, 6.45) is 0.805. The van der Waals surface area contributed by atoms with Crippen molar-refractivity contribution >= 4 is 37.5 Å². The number of amides is 1. The molecule has 0 bridgehead atoms. The van der Waals surface area contributed by atoms with Crippen molar-refractivity contribution in [3.63, 3.8) is 0 Å². The van der Waals surface area contributed by atoms with Crippen LogP contribution in [-0.4, -0.2) is 50.5 Å². The average Bonchev–Trinajstić information content (AvgIpc) is 3.26. The van der Waals surface area contributed by atoms with E-state index in [1.54, 1.807) is 26.4 Å². The maximum absolute atomic E-state index is 13.1. The van der Waals surface area contributed by atoms with Crippen LogP contribution in [0, 0.1) is 22.7 Å². The van der Waals surface area contributed by atoms with Gasteiger partial charge in [-0.05, 0) is 42.8 Å². The molecular formula is C25H27N5O5S2. The maximum atomic E-state index is 13.1. The van der Waals surface area contributed by atoms with E-state index in [1.807, 2.05) is 23.6 Å². The molecule has 1 heterocycles. The Bertz CT molecular complexity index is 1510. The first-order valence-corrected chi connectivity index (χ1v) is 13.8. The second-order valence-electron chi connectivity index (χ2n) is 7.85. The van der Waals surface area contributed by atoms with Gasteiger partial charge in [0.15, 0.2) is 4.80 Å². The third-order valence-electron chi connectivity index (χ3n) is 5.52. The minimum absolute atomic E-state index is 0.00259. The minimum atomic E-state index is -3.93. The lowest BCUT2D eigenvalue weighted by atomic mass is 10.2. The molecule has 0 radical (unpaired) electrons. The van der Waals surface area contributed by atoms with Gasteiger partial charge in [-0.15, -0.1) is 0 Å². The van der Waals surface area contributed by atoms with Gasteiger partial charge in [-0.1, -0.05) is 18.3 Å². The van der Waals surface area contributed by atoms with Crippen LogP contribution in [0.25, 0.3) is 10.2 Å². The lowest BCUT2D eigenvalue weighted by Crippen LogP contribution is -2.32. The number of nitriles is 2. The number of carbonyl (C=O) groups excluding carboxylic acids is 1. The molecule has 0 saturated carbocycles. The summed E-state index contributed by atoms with van der Waals surface area (Å²) in [6, 6.07) is 12.9. The van der Waals surface area contributed by atoms with Crippen molar-refractivity contribution in [3.05, 3.63) is 46.8 Å². The predicted octanol–water partition coefficient (Wildman–Crippen LogP) is 3.69. The van der Waals surface area contributed by atoms with Crippen LogP contribution < -0.4 is 14.3 Å². The topological polar surface area (TPSA) is 138 Å². The summed E-state index contributed by atoms with van der Waals surface area (Å²) < 4.78 is 40.9. The van der Waals surface area contributed by atoms with Gasteiger partial charge in [-0.3, -0.25) is 4.79 Å². The highest BCUT2D eigenvalue weighted by Gasteiger charge is 2.24. The molecule has 0 aliphatic carbocycles. The fourth-order valence-electron chi connectivity index (χ4n) is 3.74. The molecule has 0 aliphatic heterocycles. The quantitative estimate of drug-likeness (QED) is 0.361. The standard InChI is InChI=1S/C25H27N5O5S2/c1-4-15-30-22-20(34-2)11-12-21(35-3)23(22)36-25(30)28-24(31)18-7-9-19(10-8-18)37(32,33)29(16-5-13-26)17-6-14-27/h7-12H,4-6,15-17H2,1-3H3. The zero-order valence-corrected chi connectivity index (χ0v) is 22.4. The van der Waals surface area contributed by atoms with Crippen LogP contribution >= 0.6 is 11.3 Å². The van der Waals surface area contributed by atoms with Crippen LogP contribution in [0.4, 0.5) is 0 Å². The third-order valence-corrected chi connectivity index (χ3v) is 8.53. The molecule has 0 fully saturated rings. The number of nitrogens with zero attached hydrogens (tertiary/aromatic N) is 5. The van der Waals surface area contributed by atoms with Crippen molar-refractivity contribution in [3.8, 4) is 23.6 Å². The summed E-state index contributed by atoms with van der Waals surface area (Å²) in [5.74, 6) is 0.761. The Hall–Kier alpha value is -3.71. The molecule has 2 aromatic carbocycles. The first-order valence-electron chi connectivity index (χ1n) is 11.5. The van der Waals surface area contributed by atoms with Crippen molar-refractivity contribution in [2.45, 2.75) is 37.6 Å². The highest BCUT2D eigenvalue weighted by Crippen LogP contribution is 2.35. The Kier molecular flexibility index (Phi) is 9.42. The average molecular weight is 542 g/mol. The molecule has 194 valence electrons. The monoisotopic (exact) mass is 541 g/mol. The molecule has 3 rings (SSSR count). The van der Waals surface area contributed by atoms with Gasteiger partial charge in [0.1, 0.15) is 21.7 Å². The fourth-order valence-corrected chi connectivity index (χ4v) is 6.35. The van der Waals surface area contributed by atoms with Gasteiger partial charge in [-0.2, -0.15) is 19.8 Å². The Morgan fingerprint density at radius 1 is 1.03 bits per heavy atom. The second-order valence-corrected chi connectivity index (χ2v) is 10.8. The van der Waals surface area contributed by atoms with Crippen LogP contribution in [0.3, 0.4) is 0 Å². The van der Waals surface area contributed by atoms with Gasteiger partial charge in [0, 0.05) is 38.0 Å². The summed E-state index contributed by atoms with van der Waals surface area (Å²) in [5, 5.41) is 17.7. The van der Waals surface area contributed by atoms with Gasteiger partial charge >= 0.3 is 0 Å². The number of methoxy groups -OCH3 is 2. The van der Waals surface area contributed by atoms with E-state index < -0.39 is 15.9 Å². The first kappa shape index (κ1) is 27.9. The number of rotatable bonds is 11.